The van der Waals surface area contributed by atoms with Crippen LogP contribution in [0.3, 0.4) is 0 Å². The molecule has 0 spiro atoms. The zero-order valence-electron chi connectivity index (χ0n) is 14.6. The molecule has 1 fully saturated rings. The van der Waals surface area contributed by atoms with E-state index in [1.54, 1.807) is 13.2 Å². The van der Waals surface area contributed by atoms with E-state index in [1.807, 2.05) is 25.1 Å². The monoisotopic (exact) mass is 333 g/mol. The van der Waals surface area contributed by atoms with Crippen LogP contribution in [-0.2, 0) is 9.47 Å². The third-order valence-corrected chi connectivity index (χ3v) is 3.90. The number of likely N-dealkylation sites (tertiary alicyclic amines) is 1. The van der Waals surface area contributed by atoms with Crippen molar-refractivity contribution in [3.8, 4) is 0 Å². The molecule has 0 saturated carbocycles. The predicted molar refractivity (Wildman–Crippen MR) is 94.4 cm³/mol. The van der Waals surface area contributed by atoms with E-state index in [2.05, 4.69) is 15.2 Å². The third kappa shape index (κ3) is 6.29. The van der Waals surface area contributed by atoms with Crippen molar-refractivity contribution < 1.29 is 14.3 Å². The zero-order valence-corrected chi connectivity index (χ0v) is 14.6. The summed E-state index contributed by atoms with van der Waals surface area (Å²) in [4.78, 5) is 19.1. The second kappa shape index (κ2) is 10.1. The first-order valence-electron chi connectivity index (χ1n) is 8.45. The van der Waals surface area contributed by atoms with Gasteiger partial charge < -0.3 is 14.4 Å². The number of nitrogens with zero attached hydrogens (tertiary/aromatic N) is 2. The first-order valence-corrected chi connectivity index (χ1v) is 8.45. The number of aryl methyl sites for hydroxylation is 1. The van der Waals surface area contributed by atoms with Gasteiger partial charge in [0.25, 0.3) is 11.9 Å². The molecule has 0 aromatic heterocycles. The normalized spacial score (nSPS) is 15.5. The van der Waals surface area contributed by atoms with E-state index in [1.165, 1.54) is 12.8 Å². The Hall–Kier alpha value is -1.92. The number of carbonyl (C=O) groups excluding carboxylic acids is 1. The Morgan fingerprint density at radius 3 is 2.79 bits per heavy atom. The van der Waals surface area contributed by atoms with Crippen LogP contribution in [-0.4, -0.2) is 63.3 Å². The minimum absolute atomic E-state index is 0.212. The van der Waals surface area contributed by atoms with Gasteiger partial charge in [-0.1, -0.05) is 17.7 Å². The summed E-state index contributed by atoms with van der Waals surface area (Å²) < 4.78 is 10.5. The molecule has 6 heteroatoms. The second-order valence-corrected chi connectivity index (χ2v) is 5.90. The van der Waals surface area contributed by atoms with E-state index in [0.717, 1.165) is 25.2 Å². The Morgan fingerprint density at radius 2 is 2.08 bits per heavy atom. The molecule has 132 valence electrons. The molecule has 1 amide bonds. The van der Waals surface area contributed by atoms with Gasteiger partial charge in [-0.25, -0.2) is 4.99 Å². The Bertz CT molecular complexity index is 554. The Balaban J connectivity index is 1.91. The highest BCUT2D eigenvalue weighted by molar-refractivity contribution is 6.04. The van der Waals surface area contributed by atoms with Crippen LogP contribution >= 0.6 is 0 Å². The largest absolute Gasteiger partial charge is 0.463 e. The van der Waals surface area contributed by atoms with E-state index in [-0.39, 0.29) is 11.9 Å². The SMILES string of the molecule is COCCOC(=NCCN1CCCC1)NC(=O)c1cccc(C)c1. The maximum atomic E-state index is 12.3. The van der Waals surface area contributed by atoms with Crippen LogP contribution in [0, 0.1) is 6.92 Å². The van der Waals surface area contributed by atoms with Crippen LogP contribution in [0.1, 0.15) is 28.8 Å². The molecular formula is C18H27N3O3. The van der Waals surface area contributed by atoms with Crippen LogP contribution < -0.4 is 5.32 Å². The first-order chi connectivity index (χ1) is 11.7. The molecular weight excluding hydrogens is 306 g/mol. The molecule has 0 unspecified atom stereocenters. The fraction of sp³-hybridized carbons (Fsp3) is 0.556. The summed E-state index contributed by atoms with van der Waals surface area (Å²) in [5.41, 5.74) is 1.63. The van der Waals surface area contributed by atoms with Gasteiger partial charge in [0.05, 0.1) is 13.2 Å². The maximum Gasteiger partial charge on any atom is 0.291 e. The average Bonchev–Trinajstić information content (AvgIpc) is 3.08. The number of amidine groups is 1. The fourth-order valence-corrected chi connectivity index (χ4v) is 2.60. The highest BCUT2D eigenvalue weighted by atomic mass is 16.5. The number of rotatable bonds is 7. The molecule has 24 heavy (non-hydrogen) atoms. The predicted octanol–water partition coefficient (Wildman–Crippen LogP) is 1.84. The van der Waals surface area contributed by atoms with Crippen LogP contribution in [0.2, 0.25) is 0 Å². The molecule has 0 aliphatic carbocycles. The lowest BCUT2D eigenvalue weighted by atomic mass is 10.1. The lowest BCUT2D eigenvalue weighted by Crippen LogP contribution is -2.34. The Labute approximate surface area is 143 Å². The van der Waals surface area contributed by atoms with Crippen molar-refractivity contribution in [3.05, 3.63) is 35.4 Å². The number of aliphatic imine (C=N–C) groups is 1. The summed E-state index contributed by atoms with van der Waals surface area (Å²) in [5, 5.41) is 2.76. The number of methoxy groups -OCH3 is 1. The molecule has 1 saturated heterocycles. The highest BCUT2D eigenvalue weighted by Gasteiger charge is 2.12. The molecule has 1 aliphatic heterocycles. The standard InChI is InChI=1S/C18H27N3O3/c1-15-6-5-7-16(14-15)17(22)20-18(24-13-12-23-2)19-8-11-21-9-3-4-10-21/h5-7,14H,3-4,8-13H2,1-2H3,(H,19,20,22). The van der Waals surface area contributed by atoms with Gasteiger partial charge in [0.1, 0.15) is 6.61 Å². The van der Waals surface area contributed by atoms with E-state index in [0.29, 0.717) is 25.3 Å². The Morgan fingerprint density at radius 1 is 1.29 bits per heavy atom. The molecule has 0 radical (unpaired) electrons. The lowest BCUT2D eigenvalue weighted by molar-refractivity contribution is 0.0953. The quantitative estimate of drug-likeness (QED) is 0.470. The molecule has 2 rings (SSSR count). The van der Waals surface area contributed by atoms with Gasteiger partial charge in [0, 0.05) is 19.2 Å². The highest BCUT2D eigenvalue weighted by Crippen LogP contribution is 2.06. The van der Waals surface area contributed by atoms with E-state index >= 15 is 0 Å². The molecule has 1 N–H and O–H groups in total. The molecule has 1 aromatic rings. The van der Waals surface area contributed by atoms with E-state index < -0.39 is 0 Å². The van der Waals surface area contributed by atoms with Gasteiger partial charge >= 0.3 is 0 Å². The number of ether oxygens (including phenoxy) is 2. The van der Waals surface area contributed by atoms with Crippen LogP contribution in [0.25, 0.3) is 0 Å². The molecule has 1 aromatic carbocycles. The lowest BCUT2D eigenvalue weighted by Gasteiger charge is -2.14. The summed E-state index contributed by atoms with van der Waals surface area (Å²) >= 11 is 0. The van der Waals surface area contributed by atoms with Crippen molar-refractivity contribution in [2.45, 2.75) is 19.8 Å². The second-order valence-electron chi connectivity index (χ2n) is 5.90. The van der Waals surface area contributed by atoms with Crippen molar-refractivity contribution in [1.82, 2.24) is 10.2 Å². The van der Waals surface area contributed by atoms with Crippen molar-refractivity contribution >= 4 is 11.9 Å². The minimum atomic E-state index is -0.212. The first kappa shape index (κ1) is 18.4. The number of hydrogen-bond acceptors (Lipinski definition) is 5. The number of nitrogens with one attached hydrogen (secondary N) is 1. The van der Waals surface area contributed by atoms with Gasteiger partial charge in [-0.05, 0) is 45.0 Å². The van der Waals surface area contributed by atoms with Crippen molar-refractivity contribution in [1.29, 1.82) is 0 Å². The number of benzene rings is 1. The van der Waals surface area contributed by atoms with Crippen molar-refractivity contribution in [3.63, 3.8) is 0 Å². The summed E-state index contributed by atoms with van der Waals surface area (Å²) in [6.07, 6.45) is 2.51. The summed E-state index contributed by atoms with van der Waals surface area (Å²) in [6.45, 7) is 6.51. The fourth-order valence-electron chi connectivity index (χ4n) is 2.60. The molecule has 1 heterocycles. The van der Waals surface area contributed by atoms with Gasteiger partial charge in [0.2, 0.25) is 0 Å². The van der Waals surface area contributed by atoms with Crippen molar-refractivity contribution in [2.24, 2.45) is 4.99 Å². The van der Waals surface area contributed by atoms with E-state index in [9.17, 15) is 4.79 Å². The van der Waals surface area contributed by atoms with Gasteiger partial charge in [-0.3, -0.25) is 10.1 Å². The smallest absolute Gasteiger partial charge is 0.291 e. The molecule has 6 nitrogen and oxygen atoms in total. The van der Waals surface area contributed by atoms with Crippen LogP contribution in [0.15, 0.2) is 29.3 Å². The zero-order chi connectivity index (χ0) is 17.2. The minimum Gasteiger partial charge on any atom is -0.463 e. The third-order valence-electron chi connectivity index (χ3n) is 3.90. The number of amides is 1. The molecule has 0 atom stereocenters. The van der Waals surface area contributed by atoms with Gasteiger partial charge in [-0.15, -0.1) is 0 Å². The Kier molecular flexibility index (Phi) is 7.71. The van der Waals surface area contributed by atoms with Gasteiger partial charge in [-0.2, -0.15) is 0 Å². The number of hydrogen-bond donors (Lipinski definition) is 1. The summed E-state index contributed by atoms with van der Waals surface area (Å²) in [6, 6.07) is 7.70. The van der Waals surface area contributed by atoms with Crippen LogP contribution in [0.4, 0.5) is 0 Å². The maximum absolute atomic E-state index is 12.3. The van der Waals surface area contributed by atoms with Crippen LogP contribution in [0.5, 0.6) is 0 Å². The topological polar surface area (TPSA) is 63.2 Å². The summed E-state index contributed by atoms with van der Waals surface area (Å²) in [7, 11) is 1.61. The van der Waals surface area contributed by atoms with Crippen molar-refractivity contribution in [2.75, 3.05) is 46.5 Å². The molecule has 1 aliphatic rings. The average molecular weight is 333 g/mol. The molecule has 0 bridgehead atoms. The van der Waals surface area contributed by atoms with E-state index in [4.69, 9.17) is 9.47 Å². The summed E-state index contributed by atoms with van der Waals surface area (Å²) in [5.74, 6) is -0.212. The van der Waals surface area contributed by atoms with Gasteiger partial charge in [0.15, 0.2) is 0 Å². The number of carbonyl (C=O) groups is 1.